The Hall–Kier alpha value is 0.394. The molecule has 0 aliphatic heterocycles. The Bertz CT molecular complexity index is 76.2. The zero-order valence-corrected chi connectivity index (χ0v) is 9.58. The Morgan fingerprint density at radius 2 is 0.889 bits per heavy atom. The van der Waals surface area contributed by atoms with Crippen molar-refractivity contribution >= 4 is 16.5 Å². The van der Waals surface area contributed by atoms with E-state index in [-0.39, 0.29) is 0 Å². The van der Waals surface area contributed by atoms with E-state index >= 15 is 0 Å². The Labute approximate surface area is 61.0 Å². The number of hydrogen-bond acceptors (Lipinski definition) is 0. The first-order valence-corrected chi connectivity index (χ1v) is 10.7. The van der Waals surface area contributed by atoms with Gasteiger partial charge in [0.1, 0.15) is 0 Å². The fourth-order valence-corrected chi connectivity index (χ4v) is 11.7. The number of nitrogens with two attached hydrogens (primary N) is 1. The van der Waals surface area contributed by atoms with Crippen LogP contribution < -0.4 is 4.65 Å². The molecule has 0 aliphatic carbocycles. The summed E-state index contributed by atoms with van der Waals surface area (Å²) < 4.78 is 2.65. The first-order valence-electron chi connectivity index (χ1n) is 3.58. The first kappa shape index (κ1) is 9.39. The molecule has 0 fully saturated rings. The monoisotopic (exact) mass is 162 g/mol. The summed E-state index contributed by atoms with van der Waals surface area (Å²) in [6.45, 7) is 14.4. The average Bonchev–Trinajstić information content (AvgIpc) is 1.14. The highest BCUT2D eigenvalue weighted by Crippen LogP contribution is 1.91. The second-order valence-corrected chi connectivity index (χ2v) is 15.5. The van der Waals surface area contributed by atoms with E-state index in [1.165, 1.54) is 0 Å². The van der Waals surface area contributed by atoms with Gasteiger partial charge < -0.3 is 4.65 Å². The second kappa shape index (κ2) is 2.56. The van der Waals surface area contributed by atoms with Gasteiger partial charge in [-0.3, -0.25) is 0 Å². The Balaban J connectivity index is 3.75. The SMILES string of the molecule is C[Si](C)(C)[NH2+][Si](C)(C)C. The van der Waals surface area contributed by atoms with E-state index in [9.17, 15) is 0 Å². The molecule has 0 aliphatic rings. The molecule has 0 rings (SSSR count). The van der Waals surface area contributed by atoms with Crippen molar-refractivity contribution in [3.8, 4) is 0 Å². The lowest BCUT2D eigenvalue weighted by atomic mass is 11.8. The highest BCUT2D eigenvalue weighted by molar-refractivity contribution is 6.79. The Morgan fingerprint density at radius 3 is 0.889 bits per heavy atom. The van der Waals surface area contributed by atoms with Gasteiger partial charge in [0.05, 0.1) is 0 Å². The lowest BCUT2D eigenvalue weighted by molar-refractivity contribution is -0.386. The summed E-state index contributed by atoms with van der Waals surface area (Å²) in [5.74, 6) is 0. The van der Waals surface area contributed by atoms with Gasteiger partial charge in [0.25, 0.3) is 16.5 Å². The van der Waals surface area contributed by atoms with Crippen LogP contribution in [0, 0.1) is 0 Å². The molecule has 0 heterocycles. The normalized spacial score (nSPS) is 14.0. The summed E-state index contributed by atoms with van der Waals surface area (Å²) in [7, 11) is -1.71. The molecule has 0 unspecified atom stereocenters. The van der Waals surface area contributed by atoms with Crippen molar-refractivity contribution in [3.63, 3.8) is 0 Å². The minimum absolute atomic E-state index is 0.856. The molecule has 0 bridgehead atoms. The average molecular weight is 162 g/mol. The van der Waals surface area contributed by atoms with Crippen molar-refractivity contribution in [1.82, 2.24) is 0 Å². The van der Waals surface area contributed by atoms with Crippen LogP contribution in [0.2, 0.25) is 39.3 Å². The summed E-state index contributed by atoms with van der Waals surface area (Å²) >= 11 is 0. The molecular weight excluding hydrogens is 142 g/mol. The molecule has 0 atom stereocenters. The van der Waals surface area contributed by atoms with Gasteiger partial charge in [-0.2, -0.15) is 0 Å². The Kier molecular flexibility index (Phi) is 2.67. The van der Waals surface area contributed by atoms with Crippen molar-refractivity contribution in [2.75, 3.05) is 0 Å². The number of quaternary nitrogens is 1. The van der Waals surface area contributed by atoms with Gasteiger partial charge in [-0.1, -0.05) is 0 Å². The van der Waals surface area contributed by atoms with Gasteiger partial charge in [-0.25, -0.2) is 0 Å². The van der Waals surface area contributed by atoms with Gasteiger partial charge in [-0.15, -0.1) is 0 Å². The molecule has 3 heteroatoms. The maximum atomic E-state index is 2.65. The molecule has 0 aromatic rings. The summed E-state index contributed by atoms with van der Waals surface area (Å²) in [4.78, 5) is 0. The maximum Gasteiger partial charge on any atom is 0.256 e. The van der Waals surface area contributed by atoms with E-state index in [4.69, 9.17) is 0 Å². The molecule has 1 nitrogen and oxygen atoms in total. The zero-order valence-electron chi connectivity index (χ0n) is 7.58. The molecule has 0 saturated carbocycles. The van der Waals surface area contributed by atoms with Crippen LogP contribution >= 0.6 is 0 Å². The fraction of sp³-hybridized carbons (Fsp3) is 1.00. The molecule has 0 aromatic carbocycles. The minimum Gasteiger partial charge on any atom is -0.467 e. The topological polar surface area (TPSA) is 16.6 Å². The van der Waals surface area contributed by atoms with Crippen molar-refractivity contribution in [3.05, 3.63) is 0 Å². The van der Waals surface area contributed by atoms with Crippen LogP contribution in [0.5, 0.6) is 0 Å². The largest absolute Gasteiger partial charge is 0.467 e. The third-order valence-corrected chi connectivity index (χ3v) is 7.79. The van der Waals surface area contributed by atoms with E-state index in [0.717, 1.165) is 0 Å². The maximum absolute atomic E-state index is 2.65. The van der Waals surface area contributed by atoms with Crippen LogP contribution in [0.25, 0.3) is 0 Å². The molecule has 56 valence electrons. The van der Waals surface area contributed by atoms with Gasteiger partial charge in [0.2, 0.25) is 0 Å². The van der Waals surface area contributed by atoms with Crippen LogP contribution in [0.3, 0.4) is 0 Å². The molecule has 0 amide bonds. The van der Waals surface area contributed by atoms with Gasteiger partial charge in [0, 0.05) is 0 Å². The third-order valence-electron chi connectivity index (χ3n) is 0.866. The first-order chi connectivity index (χ1) is 3.71. The van der Waals surface area contributed by atoms with Crippen molar-refractivity contribution in [1.29, 1.82) is 0 Å². The van der Waals surface area contributed by atoms with E-state index in [1.807, 2.05) is 0 Å². The van der Waals surface area contributed by atoms with Crippen LogP contribution in [0.1, 0.15) is 0 Å². The molecule has 9 heavy (non-hydrogen) atoms. The van der Waals surface area contributed by atoms with Crippen molar-refractivity contribution in [2.45, 2.75) is 39.3 Å². The van der Waals surface area contributed by atoms with Crippen molar-refractivity contribution in [2.24, 2.45) is 0 Å². The van der Waals surface area contributed by atoms with E-state index < -0.39 is 16.5 Å². The van der Waals surface area contributed by atoms with Crippen LogP contribution in [0.4, 0.5) is 0 Å². The van der Waals surface area contributed by atoms with Crippen LogP contribution in [0.15, 0.2) is 0 Å². The van der Waals surface area contributed by atoms with E-state index in [2.05, 4.69) is 43.9 Å². The summed E-state index contributed by atoms with van der Waals surface area (Å²) in [6, 6.07) is 0. The number of rotatable bonds is 2. The highest BCUT2D eigenvalue weighted by atomic mass is 28.4. The predicted molar refractivity (Wildman–Crippen MR) is 48.6 cm³/mol. The summed E-state index contributed by atoms with van der Waals surface area (Å²) in [6.07, 6.45) is 0. The van der Waals surface area contributed by atoms with Crippen LogP contribution in [-0.2, 0) is 0 Å². The standard InChI is InChI=1S/C6H20NSi2/c1-8(2,3)7-9(4,5)6/h7H2,1-6H3/q+1. The molecule has 0 spiro atoms. The van der Waals surface area contributed by atoms with E-state index in [1.54, 1.807) is 0 Å². The lowest BCUT2D eigenvalue weighted by Gasteiger charge is -2.23. The summed E-state index contributed by atoms with van der Waals surface area (Å²) in [5, 5.41) is 0. The quantitative estimate of drug-likeness (QED) is 0.588. The highest BCUT2D eigenvalue weighted by Gasteiger charge is 2.29. The second-order valence-electron chi connectivity index (χ2n) is 4.88. The smallest absolute Gasteiger partial charge is 0.256 e. The fourth-order valence-electron chi connectivity index (χ4n) is 1.30. The summed E-state index contributed by atoms with van der Waals surface area (Å²) in [5.41, 5.74) is 0. The lowest BCUT2D eigenvalue weighted by Crippen LogP contribution is -3.07. The molecule has 0 saturated heterocycles. The third kappa shape index (κ3) is 8.39. The van der Waals surface area contributed by atoms with Crippen molar-refractivity contribution < 1.29 is 4.65 Å². The predicted octanol–water partition coefficient (Wildman–Crippen LogP) is 1.22. The van der Waals surface area contributed by atoms with Gasteiger partial charge >= 0.3 is 0 Å². The van der Waals surface area contributed by atoms with Gasteiger partial charge in [0.15, 0.2) is 0 Å². The molecule has 0 radical (unpaired) electrons. The van der Waals surface area contributed by atoms with Gasteiger partial charge in [-0.05, 0) is 39.3 Å². The van der Waals surface area contributed by atoms with E-state index in [0.29, 0.717) is 0 Å². The molecule has 2 N–H and O–H groups in total. The number of hydrogen-bond donors (Lipinski definition) is 1. The minimum atomic E-state index is -0.856. The van der Waals surface area contributed by atoms with Crippen LogP contribution in [-0.4, -0.2) is 16.5 Å². The Morgan fingerprint density at radius 1 is 0.667 bits per heavy atom. The molecular formula is C6H20NSi2+. The zero-order chi connectivity index (χ0) is 7.71. The molecule has 0 aromatic heterocycles.